The van der Waals surface area contributed by atoms with Gasteiger partial charge in [0.25, 0.3) is 0 Å². The summed E-state index contributed by atoms with van der Waals surface area (Å²) >= 11 is 0. The van der Waals surface area contributed by atoms with Gasteiger partial charge in [0.1, 0.15) is 0 Å². The number of aliphatic imine (C=N–C) groups is 1. The van der Waals surface area contributed by atoms with Crippen molar-refractivity contribution in [2.75, 3.05) is 7.05 Å². The number of rotatable bonds is 3. The molecule has 10 heavy (non-hydrogen) atoms. The van der Waals surface area contributed by atoms with Gasteiger partial charge in [-0.2, -0.15) is 0 Å². The van der Waals surface area contributed by atoms with Crippen LogP contribution < -0.4 is 5.73 Å². The van der Waals surface area contributed by atoms with Crippen LogP contribution in [0.3, 0.4) is 0 Å². The molecule has 0 aromatic carbocycles. The lowest BCUT2D eigenvalue weighted by Gasteiger charge is -2.02. The first-order valence-electron chi connectivity index (χ1n) is 3.22. The first kappa shape index (κ1) is 9.11. The van der Waals surface area contributed by atoms with Gasteiger partial charge in [-0.3, -0.25) is 4.99 Å². The fraction of sp³-hybridized carbons (Fsp3) is 0.375. The molecule has 0 aliphatic heterocycles. The molecule has 1 atom stereocenters. The van der Waals surface area contributed by atoms with Crippen molar-refractivity contribution in [2.24, 2.45) is 10.7 Å². The highest BCUT2D eigenvalue weighted by Gasteiger charge is 1.94. The molecule has 2 heteroatoms. The van der Waals surface area contributed by atoms with Crippen LogP contribution in [0.15, 0.2) is 29.3 Å². The van der Waals surface area contributed by atoms with Crippen LogP contribution in [0.4, 0.5) is 0 Å². The highest BCUT2D eigenvalue weighted by atomic mass is 14.6. The second kappa shape index (κ2) is 4.94. The van der Waals surface area contributed by atoms with Crippen molar-refractivity contribution in [1.82, 2.24) is 0 Å². The standard InChI is InChI=1S/C8H14N2/c1-4-8(7(2)9)5-6-10-3/h4-7H,1,9H2,2-3H3/b8-5+,10-6-. The maximum Gasteiger partial charge on any atom is 0.0277 e. The average molecular weight is 138 g/mol. The van der Waals surface area contributed by atoms with E-state index in [0.717, 1.165) is 5.57 Å². The van der Waals surface area contributed by atoms with E-state index in [1.54, 1.807) is 19.3 Å². The third-order valence-corrected chi connectivity index (χ3v) is 1.18. The molecule has 0 saturated carbocycles. The monoisotopic (exact) mass is 138 g/mol. The first-order valence-corrected chi connectivity index (χ1v) is 3.22. The maximum atomic E-state index is 5.59. The Hall–Kier alpha value is -0.890. The molecule has 56 valence electrons. The molecule has 0 saturated heterocycles. The van der Waals surface area contributed by atoms with Gasteiger partial charge in [-0.25, -0.2) is 0 Å². The molecule has 0 heterocycles. The Bertz CT molecular complexity index is 155. The molecule has 0 aliphatic rings. The van der Waals surface area contributed by atoms with Gasteiger partial charge in [0.2, 0.25) is 0 Å². The van der Waals surface area contributed by atoms with E-state index in [1.165, 1.54) is 0 Å². The summed E-state index contributed by atoms with van der Waals surface area (Å²) in [7, 11) is 1.72. The van der Waals surface area contributed by atoms with Crippen molar-refractivity contribution >= 4 is 6.21 Å². The van der Waals surface area contributed by atoms with E-state index >= 15 is 0 Å². The van der Waals surface area contributed by atoms with Gasteiger partial charge in [-0.05, 0) is 18.6 Å². The minimum Gasteiger partial charge on any atom is -0.324 e. The number of nitrogens with two attached hydrogens (primary N) is 1. The predicted octanol–water partition coefficient (Wildman–Crippen LogP) is 1.15. The Labute approximate surface area is 62.1 Å². The summed E-state index contributed by atoms with van der Waals surface area (Å²) in [6.45, 7) is 5.54. The molecule has 0 bridgehead atoms. The second-order valence-corrected chi connectivity index (χ2v) is 2.07. The van der Waals surface area contributed by atoms with E-state index in [-0.39, 0.29) is 6.04 Å². The Kier molecular flexibility index (Phi) is 4.50. The van der Waals surface area contributed by atoms with Gasteiger partial charge in [0.05, 0.1) is 0 Å². The van der Waals surface area contributed by atoms with Crippen molar-refractivity contribution in [3.8, 4) is 0 Å². The summed E-state index contributed by atoms with van der Waals surface area (Å²) in [5.41, 5.74) is 6.59. The summed E-state index contributed by atoms with van der Waals surface area (Å²) in [4.78, 5) is 3.80. The van der Waals surface area contributed by atoms with E-state index in [9.17, 15) is 0 Å². The van der Waals surface area contributed by atoms with Crippen molar-refractivity contribution in [3.63, 3.8) is 0 Å². The number of hydrogen-bond acceptors (Lipinski definition) is 2. The molecule has 2 N–H and O–H groups in total. The molecular formula is C8H14N2. The zero-order chi connectivity index (χ0) is 7.98. The Balaban J connectivity index is 4.18. The van der Waals surface area contributed by atoms with Gasteiger partial charge in [-0.15, -0.1) is 0 Å². The number of allylic oxidation sites excluding steroid dienone is 1. The Morgan fingerprint density at radius 3 is 2.60 bits per heavy atom. The van der Waals surface area contributed by atoms with E-state index in [0.29, 0.717) is 0 Å². The summed E-state index contributed by atoms with van der Waals surface area (Å²) in [5, 5.41) is 0. The lowest BCUT2D eigenvalue weighted by molar-refractivity contribution is 0.887. The molecule has 0 aromatic rings. The minimum atomic E-state index is 0.0375. The van der Waals surface area contributed by atoms with Crippen molar-refractivity contribution in [2.45, 2.75) is 13.0 Å². The second-order valence-electron chi connectivity index (χ2n) is 2.07. The van der Waals surface area contributed by atoms with Crippen LogP contribution in [0, 0.1) is 0 Å². The summed E-state index contributed by atoms with van der Waals surface area (Å²) in [5.74, 6) is 0. The lowest BCUT2D eigenvalue weighted by Crippen LogP contribution is -2.16. The zero-order valence-electron chi connectivity index (χ0n) is 6.54. The van der Waals surface area contributed by atoms with Gasteiger partial charge in [0, 0.05) is 19.3 Å². The van der Waals surface area contributed by atoms with Crippen molar-refractivity contribution < 1.29 is 0 Å². The fourth-order valence-corrected chi connectivity index (χ4v) is 0.566. The lowest BCUT2D eigenvalue weighted by atomic mass is 10.1. The molecule has 1 unspecified atom stereocenters. The van der Waals surface area contributed by atoms with E-state index in [1.807, 2.05) is 13.0 Å². The fourth-order valence-electron chi connectivity index (χ4n) is 0.566. The maximum absolute atomic E-state index is 5.59. The quantitative estimate of drug-likeness (QED) is 0.461. The molecule has 0 fully saturated rings. The van der Waals surface area contributed by atoms with Crippen LogP contribution in [-0.4, -0.2) is 19.3 Å². The summed E-state index contributed by atoms with van der Waals surface area (Å²) in [6, 6.07) is 0.0375. The normalized spacial score (nSPS) is 15.7. The molecule has 0 radical (unpaired) electrons. The van der Waals surface area contributed by atoms with Crippen molar-refractivity contribution in [1.29, 1.82) is 0 Å². The molecule has 0 aromatic heterocycles. The molecular weight excluding hydrogens is 124 g/mol. The minimum absolute atomic E-state index is 0.0375. The van der Waals surface area contributed by atoms with Crippen molar-refractivity contribution in [3.05, 3.63) is 24.3 Å². The number of nitrogens with zero attached hydrogens (tertiary/aromatic N) is 1. The third kappa shape index (κ3) is 3.20. The van der Waals surface area contributed by atoms with Gasteiger partial charge >= 0.3 is 0 Å². The largest absolute Gasteiger partial charge is 0.324 e. The van der Waals surface area contributed by atoms with E-state index in [4.69, 9.17) is 5.73 Å². The van der Waals surface area contributed by atoms with Gasteiger partial charge in [0.15, 0.2) is 0 Å². The SMILES string of the molecule is C=C/C(=C\C=N/C)C(C)N. The molecule has 0 spiro atoms. The van der Waals surface area contributed by atoms with Crippen LogP contribution in [0.2, 0.25) is 0 Å². The average Bonchev–Trinajstić information content (AvgIpc) is 1.89. The highest BCUT2D eigenvalue weighted by molar-refractivity contribution is 5.73. The smallest absolute Gasteiger partial charge is 0.0277 e. The van der Waals surface area contributed by atoms with E-state index < -0.39 is 0 Å². The Morgan fingerprint density at radius 1 is 1.70 bits per heavy atom. The van der Waals surface area contributed by atoms with Gasteiger partial charge in [-0.1, -0.05) is 12.7 Å². The molecule has 2 nitrogen and oxygen atoms in total. The third-order valence-electron chi connectivity index (χ3n) is 1.18. The van der Waals surface area contributed by atoms with Crippen LogP contribution in [0.25, 0.3) is 0 Å². The van der Waals surface area contributed by atoms with E-state index in [2.05, 4.69) is 11.6 Å². The topological polar surface area (TPSA) is 38.4 Å². The Morgan fingerprint density at radius 2 is 2.30 bits per heavy atom. The summed E-state index contributed by atoms with van der Waals surface area (Å²) in [6.07, 6.45) is 5.31. The number of hydrogen-bond donors (Lipinski definition) is 1. The molecule has 0 aliphatic carbocycles. The van der Waals surface area contributed by atoms with Gasteiger partial charge < -0.3 is 5.73 Å². The molecule has 0 amide bonds. The predicted molar refractivity (Wildman–Crippen MR) is 46.3 cm³/mol. The summed E-state index contributed by atoms with van der Waals surface area (Å²) < 4.78 is 0. The zero-order valence-corrected chi connectivity index (χ0v) is 6.54. The van der Waals surface area contributed by atoms with Crippen LogP contribution in [0.1, 0.15) is 6.92 Å². The van der Waals surface area contributed by atoms with Crippen LogP contribution in [-0.2, 0) is 0 Å². The highest BCUT2D eigenvalue weighted by Crippen LogP contribution is 1.97. The van der Waals surface area contributed by atoms with Crippen LogP contribution in [0.5, 0.6) is 0 Å². The first-order chi connectivity index (χ1) is 4.72. The molecule has 0 rings (SSSR count). The van der Waals surface area contributed by atoms with Crippen LogP contribution >= 0.6 is 0 Å².